The van der Waals surface area contributed by atoms with Crippen LogP contribution in [0.3, 0.4) is 0 Å². The topological polar surface area (TPSA) is 72.1 Å². The predicted molar refractivity (Wildman–Crippen MR) is 111 cm³/mol. The molecule has 0 fully saturated rings. The molecule has 2 atom stereocenters. The van der Waals surface area contributed by atoms with Gasteiger partial charge in [-0.05, 0) is 37.3 Å². The molecule has 0 aliphatic heterocycles. The molecule has 0 spiro atoms. The molecule has 1 aromatic carbocycles. The van der Waals surface area contributed by atoms with E-state index in [0.717, 1.165) is 33.3 Å². The summed E-state index contributed by atoms with van der Waals surface area (Å²) in [7, 11) is 3.13. The van der Waals surface area contributed by atoms with Crippen LogP contribution in [0, 0.1) is 6.92 Å². The van der Waals surface area contributed by atoms with Gasteiger partial charge in [0.25, 0.3) is 0 Å². The average Bonchev–Trinajstić information content (AvgIpc) is 3.11. The summed E-state index contributed by atoms with van der Waals surface area (Å²) in [6, 6.07) is 5.94. The number of aromatic amines is 1. The van der Waals surface area contributed by atoms with E-state index in [4.69, 9.17) is 21.1 Å². The lowest BCUT2D eigenvalue weighted by Crippen LogP contribution is -2.32. The standard InChI is InChI=1S/C19H19ClN4O2.ClH/c1-11-8-15(17-13(23-11)4-5-14-18(17)22-10-21-14)24-12-6-7-19(20,26-3)16(9-12)25-2;/h4-10,12,23-24H,1-3H3;1H. The highest BCUT2D eigenvalue weighted by atomic mass is 35.5. The first-order chi connectivity index (χ1) is 12.5. The van der Waals surface area contributed by atoms with E-state index >= 15 is 0 Å². The summed E-state index contributed by atoms with van der Waals surface area (Å²) >= 11 is 6.42. The zero-order valence-corrected chi connectivity index (χ0v) is 16.7. The van der Waals surface area contributed by atoms with Crippen LogP contribution < -0.4 is 5.32 Å². The summed E-state index contributed by atoms with van der Waals surface area (Å²) in [4.78, 5) is 12.1. The minimum atomic E-state index is -1.07. The molecular weight excluding hydrogens is 387 g/mol. The zero-order valence-electron chi connectivity index (χ0n) is 15.1. The van der Waals surface area contributed by atoms with Gasteiger partial charge in [0.15, 0.2) is 0 Å². The Hall–Kier alpha value is -2.28. The number of imidazole rings is 1. The van der Waals surface area contributed by atoms with Crippen molar-refractivity contribution in [2.24, 2.45) is 0 Å². The highest BCUT2D eigenvalue weighted by Crippen LogP contribution is 2.34. The number of aryl methyl sites for hydroxylation is 1. The highest BCUT2D eigenvalue weighted by molar-refractivity contribution is 6.26. The van der Waals surface area contributed by atoms with Crippen molar-refractivity contribution in [3.63, 3.8) is 0 Å². The molecule has 3 aromatic rings. The molecule has 1 aliphatic carbocycles. The predicted octanol–water partition coefficient (Wildman–Crippen LogP) is 4.30. The van der Waals surface area contributed by atoms with Crippen LogP contribution in [-0.4, -0.2) is 40.3 Å². The maximum absolute atomic E-state index is 6.42. The van der Waals surface area contributed by atoms with Crippen molar-refractivity contribution in [1.29, 1.82) is 0 Å². The molecule has 2 aromatic heterocycles. The number of benzene rings is 1. The molecule has 4 rings (SSSR count). The van der Waals surface area contributed by atoms with Gasteiger partial charge in [0.1, 0.15) is 17.6 Å². The number of methoxy groups -OCH3 is 2. The second kappa shape index (κ2) is 7.38. The molecule has 0 saturated heterocycles. The summed E-state index contributed by atoms with van der Waals surface area (Å²) < 4.78 is 10.8. The number of H-pyrrole nitrogens is 1. The number of aromatic nitrogens is 3. The molecule has 142 valence electrons. The van der Waals surface area contributed by atoms with Gasteiger partial charge in [0, 0.05) is 29.4 Å². The fraction of sp³-hybridized carbons (Fsp3) is 0.263. The van der Waals surface area contributed by atoms with Crippen molar-refractivity contribution in [2.75, 3.05) is 19.5 Å². The quantitative estimate of drug-likeness (QED) is 0.498. The number of nitrogens with one attached hydrogen (secondary N) is 2. The van der Waals surface area contributed by atoms with Crippen LogP contribution in [0.4, 0.5) is 5.69 Å². The lowest BCUT2D eigenvalue weighted by molar-refractivity contribution is 0.0772. The fourth-order valence-electron chi connectivity index (χ4n) is 3.28. The monoisotopic (exact) mass is 406 g/mol. The van der Waals surface area contributed by atoms with Gasteiger partial charge in [0.2, 0.25) is 5.06 Å². The summed E-state index contributed by atoms with van der Waals surface area (Å²) in [6.07, 6.45) is 7.23. The number of hydrogen-bond donors (Lipinski definition) is 2. The van der Waals surface area contributed by atoms with Crippen molar-refractivity contribution >= 4 is 51.6 Å². The van der Waals surface area contributed by atoms with Crippen LogP contribution in [0.2, 0.25) is 0 Å². The summed E-state index contributed by atoms with van der Waals surface area (Å²) in [5.41, 5.74) is 4.73. The van der Waals surface area contributed by atoms with Crippen LogP contribution in [0.15, 0.2) is 48.5 Å². The molecule has 2 unspecified atom stereocenters. The number of hydrogen-bond acceptors (Lipinski definition) is 5. The normalized spacial score (nSPS) is 21.8. The Balaban J connectivity index is 0.00000210. The number of nitrogens with zero attached hydrogens (tertiary/aromatic N) is 2. The minimum Gasteiger partial charge on any atom is -0.497 e. The van der Waals surface area contributed by atoms with Gasteiger partial charge in [-0.3, -0.25) is 0 Å². The average molecular weight is 407 g/mol. The zero-order chi connectivity index (χ0) is 18.3. The largest absolute Gasteiger partial charge is 0.497 e. The van der Waals surface area contributed by atoms with E-state index in [1.807, 2.05) is 31.2 Å². The van der Waals surface area contributed by atoms with Gasteiger partial charge in [0.05, 0.1) is 18.7 Å². The fourth-order valence-corrected chi connectivity index (χ4v) is 3.49. The number of ether oxygens (including phenoxy) is 2. The highest BCUT2D eigenvalue weighted by Gasteiger charge is 2.34. The third-order valence-electron chi connectivity index (χ3n) is 4.53. The maximum Gasteiger partial charge on any atom is 0.217 e. The molecule has 8 heteroatoms. The Morgan fingerprint density at radius 2 is 2.07 bits per heavy atom. The lowest BCUT2D eigenvalue weighted by Gasteiger charge is -2.29. The van der Waals surface area contributed by atoms with E-state index in [2.05, 4.69) is 26.3 Å². The third kappa shape index (κ3) is 3.36. The Labute approximate surface area is 168 Å². The van der Waals surface area contributed by atoms with Crippen LogP contribution >= 0.6 is 24.0 Å². The lowest BCUT2D eigenvalue weighted by atomic mass is 10.0. The van der Waals surface area contributed by atoms with Crippen LogP contribution in [-0.2, 0) is 9.47 Å². The van der Waals surface area contributed by atoms with Crippen LogP contribution in [0.25, 0.3) is 21.9 Å². The molecule has 0 bridgehead atoms. The first-order valence-corrected chi connectivity index (χ1v) is 8.61. The smallest absolute Gasteiger partial charge is 0.217 e. The molecule has 0 amide bonds. The summed E-state index contributed by atoms with van der Waals surface area (Å²) in [5, 5.41) is 3.46. The SMILES string of the molecule is COC1=CC(Nc2cc(C)[nH]c3ccc4ncnc4c23)C=CC1(Cl)OC.Cl. The van der Waals surface area contributed by atoms with Gasteiger partial charge in [-0.2, -0.15) is 0 Å². The molecule has 0 radical (unpaired) electrons. The number of rotatable bonds is 4. The molecule has 6 nitrogen and oxygen atoms in total. The first kappa shape index (κ1) is 19.5. The van der Waals surface area contributed by atoms with Crippen molar-refractivity contribution in [2.45, 2.75) is 18.0 Å². The number of anilines is 1. The molecule has 2 heterocycles. The van der Waals surface area contributed by atoms with E-state index in [9.17, 15) is 0 Å². The van der Waals surface area contributed by atoms with Crippen molar-refractivity contribution in [3.05, 3.63) is 54.2 Å². The maximum atomic E-state index is 6.42. The van der Waals surface area contributed by atoms with Crippen LogP contribution in [0.5, 0.6) is 0 Å². The number of fused-ring (bicyclic) bond motifs is 3. The van der Waals surface area contributed by atoms with Crippen molar-refractivity contribution < 1.29 is 9.47 Å². The summed E-state index contributed by atoms with van der Waals surface area (Å²) in [5.74, 6) is 0.545. The van der Waals surface area contributed by atoms with E-state index in [1.165, 1.54) is 0 Å². The molecule has 27 heavy (non-hydrogen) atoms. The van der Waals surface area contributed by atoms with Gasteiger partial charge in [-0.25, -0.2) is 9.97 Å². The van der Waals surface area contributed by atoms with Gasteiger partial charge in [-0.15, -0.1) is 12.4 Å². The molecule has 1 aliphatic rings. The Morgan fingerprint density at radius 3 is 2.81 bits per heavy atom. The third-order valence-corrected chi connectivity index (χ3v) is 4.99. The summed E-state index contributed by atoms with van der Waals surface area (Å²) in [6.45, 7) is 2.02. The molecule has 0 saturated carbocycles. The Bertz CT molecular complexity index is 1050. The van der Waals surface area contributed by atoms with E-state index in [1.54, 1.807) is 26.6 Å². The minimum absolute atomic E-state index is 0. The second-order valence-electron chi connectivity index (χ2n) is 6.21. The van der Waals surface area contributed by atoms with E-state index in [-0.39, 0.29) is 18.4 Å². The number of pyridine rings is 1. The van der Waals surface area contributed by atoms with Crippen molar-refractivity contribution in [1.82, 2.24) is 15.0 Å². The molecule has 2 N–H and O–H groups in total. The second-order valence-corrected chi connectivity index (χ2v) is 6.77. The van der Waals surface area contributed by atoms with Gasteiger partial charge < -0.3 is 19.8 Å². The molecular formula is C19H20Cl2N4O2. The van der Waals surface area contributed by atoms with E-state index in [0.29, 0.717) is 5.76 Å². The van der Waals surface area contributed by atoms with Gasteiger partial charge >= 0.3 is 0 Å². The number of halogens is 2. The van der Waals surface area contributed by atoms with Gasteiger partial charge in [-0.1, -0.05) is 17.7 Å². The van der Waals surface area contributed by atoms with Crippen molar-refractivity contribution in [3.8, 4) is 0 Å². The Kier molecular flexibility index (Phi) is 5.33. The van der Waals surface area contributed by atoms with E-state index < -0.39 is 5.06 Å². The first-order valence-electron chi connectivity index (χ1n) is 8.23. The number of alkyl halides is 1. The van der Waals surface area contributed by atoms with Crippen LogP contribution in [0.1, 0.15) is 5.69 Å². The Morgan fingerprint density at radius 1 is 1.26 bits per heavy atom.